The predicted octanol–water partition coefficient (Wildman–Crippen LogP) is 1.61. The maximum absolute atomic E-state index is 11.7. The number of nitro groups is 1. The van der Waals surface area contributed by atoms with Gasteiger partial charge in [-0.1, -0.05) is 0 Å². The second-order valence-electron chi connectivity index (χ2n) is 4.45. The standard InChI is InChI=1S/C13H13N3O4/c1-20-13(17)11-3-2-6-15(11)10-5-4-9(8-14)7-12(10)16(18)19/h4-5,7,11H,2-3,6H2,1H3. The smallest absolute Gasteiger partial charge is 0.328 e. The van der Waals surface area contributed by atoms with Crippen molar-refractivity contribution < 1.29 is 14.5 Å². The molecule has 1 aliphatic rings. The molecule has 0 spiro atoms. The zero-order valence-corrected chi connectivity index (χ0v) is 10.9. The summed E-state index contributed by atoms with van der Waals surface area (Å²) in [4.78, 5) is 24.0. The molecule has 20 heavy (non-hydrogen) atoms. The number of nitrogens with zero attached hydrogens (tertiary/aromatic N) is 3. The molecule has 7 nitrogen and oxygen atoms in total. The van der Waals surface area contributed by atoms with Crippen molar-refractivity contribution in [1.29, 1.82) is 5.26 Å². The van der Waals surface area contributed by atoms with Crippen molar-refractivity contribution in [2.24, 2.45) is 0 Å². The molecule has 1 saturated heterocycles. The molecule has 1 aromatic rings. The summed E-state index contributed by atoms with van der Waals surface area (Å²) < 4.78 is 4.73. The molecule has 1 fully saturated rings. The number of nitro benzene ring substituents is 1. The molecule has 2 rings (SSSR count). The number of nitriles is 1. The summed E-state index contributed by atoms with van der Waals surface area (Å²) in [5.41, 5.74) is 0.399. The second-order valence-corrected chi connectivity index (χ2v) is 4.45. The molecule has 0 bridgehead atoms. The number of carbonyl (C=O) groups is 1. The third-order valence-corrected chi connectivity index (χ3v) is 3.34. The molecule has 1 heterocycles. The Morgan fingerprint density at radius 3 is 2.95 bits per heavy atom. The fourth-order valence-electron chi connectivity index (χ4n) is 2.42. The second kappa shape index (κ2) is 5.57. The molecule has 0 saturated carbocycles. The lowest BCUT2D eigenvalue weighted by atomic mass is 10.1. The third kappa shape index (κ3) is 2.40. The van der Waals surface area contributed by atoms with Gasteiger partial charge in [-0.3, -0.25) is 10.1 Å². The molecule has 0 N–H and O–H groups in total. The molecule has 7 heteroatoms. The van der Waals surface area contributed by atoms with Gasteiger partial charge < -0.3 is 9.64 Å². The van der Waals surface area contributed by atoms with Gasteiger partial charge in [0.1, 0.15) is 11.7 Å². The summed E-state index contributed by atoms with van der Waals surface area (Å²) in [6.45, 7) is 0.548. The molecule has 0 aromatic heterocycles. The van der Waals surface area contributed by atoms with E-state index in [-0.39, 0.29) is 11.3 Å². The van der Waals surface area contributed by atoms with Gasteiger partial charge >= 0.3 is 5.97 Å². The largest absolute Gasteiger partial charge is 0.467 e. The number of benzene rings is 1. The van der Waals surface area contributed by atoms with E-state index in [0.717, 1.165) is 6.42 Å². The first-order valence-electron chi connectivity index (χ1n) is 6.11. The number of esters is 1. The van der Waals surface area contributed by atoms with E-state index in [4.69, 9.17) is 10.00 Å². The van der Waals surface area contributed by atoms with Gasteiger partial charge in [0.25, 0.3) is 5.69 Å². The van der Waals surface area contributed by atoms with Crippen LogP contribution in [0.3, 0.4) is 0 Å². The minimum absolute atomic E-state index is 0.167. The van der Waals surface area contributed by atoms with Crippen LogP contribution in [-0.2, 0) is 9.53 Å². The Hall–Kier alpha value is -2.62. The lowest BCUT2D eigenvalue weighted by Gasteiger charge is -2.24. The van der Waals surface area contributed by atoms with Crippen molar-refractivity contribution in [2.75, 3.05) is 18.6 Å². The average molecular weight is 275 g/mol. The molecule has 0 amide bonds. The van der Waals surface area contributed by atoms with Crippen molar-refractivity contribution >= 4 is 17.3 Å². The molecule has 1 aliphatic heterocycles. The highest BCUT2D eigenvalue weighted by atomic mass is 16.6. The van der Waals surface area contributed by atoms with Gasteiger partial charge in [0.2, 0.25) is 0 Å². The molecule has 0 aliphatic carbocycles. The fourth-order valence-corrected chi connectivity index (χ4v) is 2.42. The van der Waals surface area contributed by atoms with E-state index in [1.165, 1.54) is 25.3 Å². The molecule has 104 valence electrons. The topological polar surface area (TPSA) is 96.5 Å². The summed E-state index contributed by atoms with van der Waals surface area (Å²) >= 11 is 0. The molecule has 1 atom stereocenters. The first-order chi connectivity index (χ1) is 9.58. The summed E-state index contributed by atoms with van der Waals surface area (Å²) in [6, 6.07) is 5.61. The fraction of sp³-hybridized carbons (Fsp3) is 0.385. The van der Waals surface area contributed by atoms with Crippen molar-refractivity contribution in [3.05, 3.63) is 33.9 Å². The number of hydrogen-bond acceptors (Lipinski definition) is 6. The number of rotatable bonds is 3. The first-order valence-corrected chi connectivity index (χ1v) is 6.11. The molecular formula is C13H13N3O4. The van der Waals surface area contributed by atoms with Crippen molar-refractivity contribution in [3.63, 3.8) is 0 Å². The van der Waals surface area contributed by atoms with E-state index in [0.29, 0.717) is 18.7 Å². The Balaban J connectivity index is 2.44. The lowest BCUT2D eigenvalue weighted by Crippen LogP contribution is -2.37. The highest BCUT2D eigenvalue weighted by Gasteiger charge is 2.35. The highest BCUT2D eigenvalue weighted by Crippen LogP contribution is 2.34. The van der Waals surface area contributed by atoms with Crippen LogP contribution in [-0.4, -0.2) is 30.6 Å². The van der Waals surface area contributed by atoms with E-state index < -0.39 is 16.9 Å². The zero-order chi connectivity index (χ0) is 14.7. The number of ether oxygens (including phenoxy) is 1. The van der Waals surface area contributed by atoms with Crippen molar-refractivity contribution in [1.82, 2.24) is 0 Å². The van der Waals surface area contributed by atoms with Crippen LogP contribution >= 0.6 is 0 Å². The Kier molecular flexibility index (Phi) is 3.84. The van der Waals surface area contributed by atoms with E-state index in [9.17, 15) is 14.9 Å². The summed E-state index contributed by atoms with van der Waals surface area (Å²) in [5, 5.41) is 20.0. The highest BCUT2D eigenvalue weighted by molar-refractivity contribution is 5.82. The average Bonchev–Trinajstić information content (AvgIpc) is 2.94. The van der Waals surface area contributed by atoms with Crippen LogP contribution in [0.25, 0.3) is 0 Å². The van der Waals surface area contributed by atoms with E-state index >= 15 is 0 Å². The van der Waals surface area contributed by atoms with Gasteiger partial charge in [-0.25, -0.2) is 4.79 Å². The Labute approximate surface area is 115 Å². The lowest BCUT2D eigenvalue weighted by molar-refractivity contribution is -0.384. The van der Waals surface area contributed by atoms with Gasteiger partial charge in [-0.2, -0.15) is 5.26 Å². The van der Waals surface area contributed by atoms with Crippen LogP contribution in [0.15, 0.2) is 18.2 Å². The summed E-state index contributed by atoms with van der Waals surface area (Å²) in [5.74, 6) is -0.402. The van der Waals surface area contributed by atoms with Crippen LogP contribution in [0.4, 0.5) is 11.4 Å². The Bertz CT molecular complexity index is 594. The quantitative estimate of drug-likeness (QED) is 0.472. The van der Waals surface area contributed by atoms with Crippen molar-refractivity contribution in [3.8, 4) is 6.07 Å². The SMILES string of the molecule is COC(=O)C1CCCN1c1ccc(C#N)cc1[N+](=O)[O-]. The maximum atomic E-state index is 11.7. The van der Waals surface area contributed by atoms with E-state index in [1.807, 2.05) is 6.07 Å². The zero-order valence-electron chi connectivity index (χ0n) is 10.9. The minimum atomic E-state index is -0.539. The number of carbonyl (C=O) groups excluding carboxylic acids is 1. The monoisotopic (exact) mass is 275 g/mol. The van der Waals surface area contributed by atoms with Crippen LogP contribution in [0, 0.1) is 21.4 Å². The van der Waals surface area contributed by atoms with Gasteiger partial charge in [-0.05, 0) is 25.0 Å². The van der Waals surface area contributed by atoms with E-state index in [1.54, 1.807) is 4.90 Å². The summed E-state index contributed by atoms with van der Waals surface area (Å²) in [7, 11) is 1.30. The van der Waals surface area contributed by atoms with Gasteiger partial charge in [-0.15, -0.1) is 0 Å². The number of methoxy groups -OCH3 is 1. The molecule has 1 aromatic carbocycles. The predicted molar refractivity (Wildman–Crippen MR) is 70.2 cm³/mol. The minimum Gasteiger partial charge on any atom is -0.467 e. The van der Waals surface area contributed by atoms with Crippen LogP contribution in [0.1, 0.15) is 18.4 Å². The van der Waals surface area contributed by atoms with Crippen LogP contribution in [0.2, 0.25) is 0 Å². The Morgan fingerprint density at radius 1 is 1.60 bits per heavy atom. The Morgan fingerprint density at radius 2 is 2.35 bits per heavy atom. The van der Waals surface area contributed by atoms with Crippen molar-refractivity contribution in [2.45, 2.75) is 18.9 Å². The number of hydrogen-bond donors (Lipinski definition) is 0. The molecule has 1 unspecified atom stereocenters. The molecular weight excluding hydrogens is 262 g/mol. The van der Waals surface area contributed by atoms with Gasteiger partial charge in [0, 0.05) is 12.6 Å². The van der Waals surface area contributed by atoms with E-state index in [2.05, 4.69) is 0 Å². The van der Waals surface area contributed by atoms with Gasteiger partial charge in [0.05, 0.1) is 23.7 Å². The molecule has 0 radical (unpaired) electrons. The first kappa shape index (κ1) is 13.8. The maximum Gasteiger partial charge on any atom is 0.328 e. The number of anilines is 1. The van der Waals surface area contributed by atoms with Crippen LogP contribution in [0.5, 0.6) is 0 Å². The third-order valence-electron chi connectivity index (χ3n) is 3.34. The van der Waals surface area contributed by atoms with Gasteiger partial charge in [0.15, 0.2) is 0 Å². The van der Waals surface area contributed by atoms with Crippen LogP contribution < -0.4 is 4.90 Å². The summed E-state index contributed by atoms with van der Waals surface area (Å²) in [6.07, 6.45) is 1.36. The normalized spacial score (nSPS) is 17.6.